The summed E-state index contributed by atoms with van der Waals surface area (Å²) in [7, 11) is 0. The Kier molecular flexibility index (Phi) is 4.51. The van der Waals surface area contributed by atoms with Crippen LogP contribution < -0.4 is 5.32 Å². The van der Waals surface area contributed by atoms with E-state index in [-0.39, 0.29) is 23.4 Å². The summed E-state index contributed by atoms with van der Waals surface area (Å²) in [6.07, 6.45) is -1.66. The lowest BCUT2D eigenvalue weighted by atomic mass is 9.95. The molecule has 0 spiro atoms. The molecule has 0 atom stereocenters. The fourth-order valence-electron chi connectivity index (χ4n) is 3.02. The fraction of sp³-hybridized carbons (Fsp3) is 0.529. The third-order valence-corrected chi connectivity index (χ3v) is 4.59. The van der Waals surface area contributed by atoms with Gasteiger partial charge in [0.2, 0.25) is 11.8 Å². The van der Waals surface area contributed by atoms with Gasteiger partial charge >= 0.3 is 6.18 Å². The summed E-state index contributed by atoms with van der Waals surface area (Å²) in [4.78, 5) is 26.0. The Morgan fingerprint density at radius 1 is 1.00 bits per heavy atom. The van der Waals surface area contributed by atoms with E-state index in [1.807, 2.05) is 0 Å². The average molecular weight is 340 g/mol. The van der Waals surface area contributed by atoms with Crippen LogP contribution in [0.5, 0.6) is 0 Å². The van der Waals surface area contributed by atoms with Gasteiger partial charge in [-0.3, -0.25) is 9.59 Å². The number of hydrogen-bond donors (Lipinski definition) is 1. The molecule has 2 amide bonds. The molecule has 24 heavy (non-hydrogen) atoms. The largest absolute Gasteiger partial charge is 0.418 e. The Bertz CT molecular complexity index is 633. The molecule has 130 valence electrons. The highest BCUT2D eigenvalue weighted by Gasteiger charge is 2.37. The van der Waals surface area contributed by atoms with Crippen LogP contribution in [-0.2, 0) is 15.8 Å². The summed E-state index contributed by atoms with van der Waals surface area (Å²) in [5.41, 5.74) is -1.06. The molecular formula is C17H19F3N2O2. The van der Waals surface area contributed by atoms with Crippen LogP contribution in [0.4, 0.5) is 18.9 Å². The first-order chi connectivity index (χ1) is 11.4. The number of para-hydroxylation sites is 1. The van der Waals surface area contributed by atoms with Crippen LogP contribution in [0.2, 0.25) is 0 Å². The Hall–Kier alpha value is -2.05. The molecule has 0 aromatic heterocycles. The first-order valence-corrected chi connectivity index (χ1v) is 8.12. The quantitative estimate of drug-likeness (QED) is 0.918. The molecule has 1 aliphatic heterocycles. The van der Waals surface area contributed by atoms with Crippen molar-refractivity contribution in [1.82, 2.24) is 4.90 Å². The molecule has 4 nitrogen and oxygen atoms in total. The number of benzene rings is 1. The molecule has 3 rings (SSSR count). The molecule has 0 unspecified atom stereocenters. The molecule has 1 N–H and O–H groups in total. The van der Waals surface area contributed by atoms with Crippen molar-refractivity contribution in [2.75, 3.05) is 18.4 Å². The number of nitrogens with one attached hydrogen (secondary N) is 1. The van der Waals surface area contributed by atoms with Gasteiger partial charge in [0.25, 0.3) is 0 Å². The van der Waals surface area contributed by atoms with E-state index in [4.69, 9.17) is 0 Å². The van der Waals surface area contributed by atoms with E-state index in [0.717, 1.165) is 18.9 Å². The van der Waals surface area contributed by atoms with Crippen molar-refractivity contribution in [3.8, 4) is 0 Å². The number of carbonyl (C=O) groups excluding carboxylic acids is 2. The zero-order valence-corrected chi connectivity index (χ0v) is 13.1. The molecule has 1 heterocycles. The van der Waals surface area contributed by atoms with Gasteiger partial charge in [0.05, 0.1) is 11.3 Å². The van der Waals surface area contributed by atoms with Crippen LogP contribution in [0.3, 0.4) is 0 Å². The second-order valence-corrected chi connectivity index (χ2v) is 6.41. The first-order valence-electron chi connectivity index (χ1n) is 8.12. The van der Waals surface area contributed by atoms with Crippen molar-refractivity contribution >= 4 is 17.5 Å². The maximum Gasteiger partial charge on any atom is 0.418 e. The zero-order chi connectivity index (χ0) is 17.3. The van der Waals surface area contributed by atoms with Gasteiger partial charge in [0.15, 0.2) is 0 Å². The predicted molar refractivity (Wildman–Crippen MR) is 82.1 cm³/mol. The standard InChI is InChI=1S/C17H19F3N2O2/c18-17(19,20)13-3-1-2-4-14(13)21-15(23)11-7-9-22(10-8-11)16(24)12-5-6-12/h1-4,11-12H,5-10H2,(H,21,23). The van der Waals surface area contributed by atoms with Crippen molar-refractivity contribution in [2.45, 2.75) is 31.9 Å². The van der Waals surface area contributed by atoms with E-state index < -0.39 is 17.6 Å². The van der Waals surface area contributed by atoms with Crippen molar-refractivity contribution < 1.29 is 22.8 Å². The van der Waals surface area contributed by atoms with Crippen molar-refractivity contribution in [1.29, 1.82) is 0 Å². The van der Waals surface area contributed by atoms with Gasteiger partial charge in [-0.1, -0.05) is 12.1 Å². The summed E-state index contributed by atoms with van der Waals surface area (Å²) < 4.78 is 38.9. The van der Waals surface area contributed by atoms with Crippen molar-refractivity contribution in [3.05, 3.63) is 29.8 Å². The molecule has 0 radical (unpaired) electrons. The van der Waals surface area contributed by atoms with Crippen LogP contribution in [0.15, 0.2) is 24.3 Å². The number of hydrogen-bond acceptors (Lipinski definition) is 2. The normalized spacial score (nSPS) is 19.2. The number of anilines is 1. The number of nitrogens with zero attached hydrogens (tertiary/aromatic N) is 1. The lowest BCUT2D eigenvalue weighted by Gasteiger charge is -2.31. The zero-order valence-electron chi connectivity index (χ0n) is 13.1. The second kappa shape index (κ2) is 6.45. The Labute approximate surface area is 138 Å². The summed E-state index contributed by atoms with van der Waals surface area (Å²) in [5, 5.41) is 2.40. The predicted octanol–water partition coefficient (Wildman–Crippen LogP) is 3.29. The van der Waals surface area contributed by atoms with Gasteiger partial charge < -0.3 is 10.2 Å². The monoisotopic (exact) mass is 340 g/mol. The molecule has 1 aromatic rings. The first kappa shape index (κ1) is 16.8. The molecular weight excluding hydrogens is 321 g/mol. The molecule has 7 heteroatoms. The fourth-order valence-corrected chi connectivity index (χ4v) is 3.02. The highest BCUT2D eigenvalue weighted by atomic mass is 19.4. The van der Waals surface area contributed by atoms with E-state index in [1.165, 1.54) is 18.2 Å². The molecule has 0 bridgehead atoms. The van der Waals surface area contributed by atoms with Crippen molar-refractivity contribution in [2.24, 2.45) is 11.8 Å². The summed E-state index contributed by atoms with van der Waals surface area (Å²) >= 11 is 0. The van der Waals surface area contributed by atoms with E-state index in [0.29, 0.717) is 25.9 Å². The number of piperidine rings is 1. The lowest BCUT2D eigenvalue weighted by molar-refractivity contribution is -0.137. The maximum atomic E-state index is 13.0. The van der Waals surface area contributed by atoms with Gasteiger partial charge in [-0.05, 0) is 37.8 Å². The minimum Gasteiger partial charge on any atom is -0.342 e. The topological polar surface area (TPSA) is 49.4 Å². The Morgan fingerprint density at radius 3 is 2.21 bits per heavy atom. The number of rotatable bonds is 3. The van der Waals surface area contributed by atoms with Gasteiger partial charge in [-0.15, -0.1) is 0 Å². The van der Waals surface area contributed by atoms with Crippen LogP contribution >= 0.6 is 0 Å². The van der Waals surface area contributed by atoms with Crippen LogP contribution in [0.1, 0.15) is 31.2 Å². The molecule has 2 fully saturated rings. The molecule has 1 aromatic carbocycles. The van der Waals surface area contributed by atoms with E-state index in [9.17, 15) is 22.8 Å². The van der Waals surface area contributed by atoms with Gasteiger partial charge in [0, 0.05) is 24.9 Å². The highest BCUT2D eigenvalue weighted by Crippen LogP contribution is 2.35. The third kappa shape index (κ3) is 3.71. The molecule has 1 saturated carbocycles. The van der Waals surface area contributed by atoms with Gasteiger partial charge in [0.1, 0.15) is 0 Å². The van der Waals surface area contributed by atoms with Crippen LogP contribution in [-0.4, -0.2) is 29.8 Å². The average Bonchev–Trinajstić information content (AvgIpc) is 3.39. The number of likely N-dealkylation sites (tertiary alicyclic amines) is 1. The molecule has 2 aliphatic rings. The molecule has 1 aliphatic carbocycles. The SMILES string of the molecule is O=C(Nc1ccccc1C(F)(F)F)C1CCN(C(=O)C2CC2)CC1. The van der Waals surface area contributed by atoms with Crippen molar-refractivity contribution in [3.63, 3.8) is 0 Å². The third-order valence-electron chi connectivity index (χ3n) is 4.59. The van der Waals surface area contributed by atoms with E-state index in [2.05, 4.69) is 5.32 Å². The van der Waals surface area contributed by atoms with E-state index >= 15 is 0 Å². The smallest absolute Gasteiger partial charge is 0.342 e. The van der Waals surface area contributed by atoms with Gasteiger partial charge in [-0.25, -0.2) is 0 Å². The number of alkyl halides is 3. The Balaban J connectivity index is 1.59. The number of carbonyl (C=O) groups is 2. The summed E-state index contributed by atoms with van der Waals surface area (Å²) in [6, 6.07) is 4.96. The second-order valence-electron chi connectivity index (χ2n) is 6.41. The summed E-state index contributed by atoms with van der Waals surface area (Å²) in [5.74, 6) is -0.481. The van der Waals surface area contributed by atoms with E-state index in [1.54, 1.807) is 4.90 Å². The molecule has 1 saturated heterocycles. The minimum absolute atomic E-state index is 0.147. The maximum absolute atomic E-state index is 13.0. The lowest BCUT2D eigenvalue weighted by Crippen LogP contribution is -2.42. The highest BCUT2D eigenvalue weighted by molar-refractivity contribution is 5.93. The summed E-state index contributed by atoms with van der Waals surface area (Å²) in [6.45, 7) is 0.989. The van der Waals surface area contributed by atoms with Crippen LogP contribution in [0, 0.1) is 11.8 Å². The van der Waals surface area contributed by atoms with Crippen LogP contribution in [0.25, 0.3) is 0 Å². The minimum atomic E-state index is -4.51. The Morgan fingerprint density at radius 2 is 1.62 bits per heavy atom. The number of amides is 2. The van der Waals surface area contributed by atoms with Gasteiger partial charge in [-0.2, -0.15) is 13.2 Å². The number of halogens is 3.